The predicted molar refractivity (Wildman–Crippen MR) is 102 cm³/mol. The van der Waals surface area contributed by atoms with Gasteiger partial charge in [-0.05, 0) is 43.0 Å². The van der Waals surface area contributed by atoms with E-state index in [0.717, 1.165) is 12.8 Å². The molecule has 0 saturated heterocycles. The lowest BCUT2D eigenvalue weighted by atomic mass is 10.1. The Balaban J connectivity index is 1.53. The van der Waals surface area contributed by atoms with Gasteiger partial charge < -0.3 is 10.6 Å². The molecular formula is C21H26FN3O. The Morgan fingerprint density at radius 2 is 1.88 bits per heavy atom. The van der Waals surface area contributed by atoms with Gasteiger partial charge in [-0.3, -0.25) is 4.79 Å². The van der Waals surface area contributed by atoms with Gasteiger partial charge in [-0.15, -0.1) is 0 Å². The molecule has 0 radical (unpaired) electrons. The molecular weight excluding hydrogens is 329 g/mol. The van der Waals surface area contributed by atoms with E-state index in [1.807, 2.05) is 6.07 Å². The quantitative estimate of drug-likeness (QED) is 0.759. The number of hydrogen-bond donors (Lipinski definition) is 2. The summed E-state index contributed by atoms with van der Waals surface area (Å²) >= 11 is 0. The SMILES string of the molecule is O=C(NC1CCCCCC1)c1ccnc(NCCc2ccccc2F)c1. The second-order valence-electron chi connectivity index (χ2n) is 6.86. The van der Waals surface area contributed by atoms with Crippen molar-refractivity contribution in [1.82, 2.24) is 10.3 Å². The van der Waals surface area contributed by atoms with Crippen LogP contribution in [0.1, 0.15) is 54.4 Å². The summed E-state index contributed by atoms with van der Waals surface area (Å²) in [4.78, 5) is 16.8. The number of anilines is 1. The van der Waals surface area contributed by atoms with Crippen LogP contribution in [0.5, 0.6) is 0 Å². The molecule has 1 saturated carbocycles. The van der Waals surface area contributed by atoms with Gasteiger partial charge in [0.2, 0.25) is 0 Å². The van der Waals surface area contributed by atoms with Crippen LogP contribution in [-0.2, 0) is 6.42 Å². The Morgan fingerprint density at radius 3 is 2.65 bits per heavy atom. The Kier molecular flexibility index (Phi) is 6.58. The van der Waals surface area contributed by atoms with Gasteiger partial charge in [0.25, 0.3) is 5.91 Å². The molecule has 2 N–H and O–H groups in total. The predicted octanol–water partition coefficient (Wildman–Crippen LogP) is 4.33. The van der Waals surface area contributed by atoms with Gasteiger partial charge >= 0.3 is 0 Å². The van der Waals surface area contributed by atoms with E-state index in [0.29, 0.717) is 29.9 Å². The number of benzene rings is 1. The zero-order valence-electron chi connectivity index (χ0n) is 15.0. The van der Waals surface area contributed by atoms with Gasteiger partial charge in [0.15, 0.2) is 0 Å². The maximum absolute atomic E-state index is 13.6. The van der Waals surface area contributed by atoms with Gasteiger partial charge in [-0.1, -0.05) is 43.9 Å². The van der Waals surface area contributed by atoms with Crippen molar-refractivity contribution in [2.75, 3.05) is 11.9 Å². The van der Waals surface area contributed by atoms with E-state index in [4.69, 9.17) is 0 Å². The second kappa shape index (κ2) is 9.32. The number of nitrogens with zero attached hydrogens (tertiary/aromatic N) is 1. The number of nitrogens with one attached hydrogen (secondary N) is 2. The highest BCUT2D eigenvalue weighted by atomic mass is 19.1. The van der Waals surface area contributed by atoms with Gasteiger partial charge in [-0.25, -0.2) is 9.37 Å². The van der Waals surface area contributed by atoms with Crippen molar-refractivity contribution < 1.29 is 9.18 Å². The van der Waals surface area contributed by atoms with Crippen LogP contribution in [-0.4, -0.2) is 23.5 Å². The highest BCUT2D eigenvalue weighted by Gasteiger charge is 2.16. The minimum atomic E-state index is -0.196. The average molecular weight is 355 g/mol. The standard InChI is InChI=1S/C21H26FN3O/c22-19-10-6-5-7-16(19)11-13-23-20-15-17(12-14-24-20)21(26)25-18-8-3-1-2-4-9-18/h5-7,10,12,14-15,18H,1-4,8-9,11,13H2,(H,23,24)(H,25,26). The third-order valence-corrected chi connectivity index (χ3v) is 4.87. The van der Waals surface area contributed by atoms with Crippen molar-refractivity contribution in [3.63, 3.8) is 0 Å². The van der Waals surface area contributed by atoms with E-state index in [1.54, 1.807) is 30.5 Å². The number of hydrogen-bond acceptors (Lipinski definition) is 3. The van der Waals surface area contributed by atoms with Gasteiger partial charge in [0.05, 0.1) is 0 Å². The molecule has 26 heavy (non-hydrogen) atoms. The number of carbonyl (C=O) groups is 1. The molecule has 1 amide bonds. The summed E-state index contributed by atoms with van der Waals surface area (Å²) in [7, 11) is 0. The first-order chi connectivity index (χ1) is 12.7. The minimum Gasteiger partial charge on any atom is -0.370 e. The van der Waals surface area contributed by atoms with E-state index in [1.165, 1.54) is 31.7 Å². The summed E-state index contributed by atoms with van der Waals surface area (Å²) in [6.07, 6.45) is 9.21. The number of halogens is 1. The van der Waals surface area contributed by atoms with Crippen LogP contribution in [0.2, 0.25) is 0 Å². The molecule has 138 valence electrons. The first-order valence-electron chi connectivity index (χ1n) is 9.46. The van der Waals surface area contributed by atoms with Crippen LogP contribution in [0, 0.1) is 5.82 Å². The Bertz CT molecular complexity index is 727. The summed E-state index contributed by atoms with van der Waals surface area (Å²) in [5.41, 5.74) is 1.28. The zero-order chi connectivity index (χ0) is 18.2. The second-order valence-corrected chi connectivity index (χ2v) is 6.86. The van der Waals surface area contributed by atoms with Crippen molar-refractivity contribution in [3.8, 4) is 0 Å². The summed E-state index contributed by atoms with van der Waals surface area (Å²) in [6, 6.07) is 10.5. The van der Waals surface area contributed by atoms with Crippen LogP contribution in [0.25, 0.3) is 0 Å². The molecule has 4 nitrogen and oxygen atoms in total. The summed E-state index contributed by atoms with van der Waals surface area (Å²) in [5, 5.41) is 6.32. The molecule has 1 aliphatic carbocycles. The topological polar surface area (TPSA) is 54.0 Å². The van der Waals surface area contributed by atoms with E-state index in [-0.39, 0.29) is 17.8 Å². The monoisotopic (exact) mass is 355 g/mol. The normalized spacial score (nSPS) is 15.3. The smallest absolute Gasteiger partial charge is 0.251 e. The highest BCUT2D eigenvalue weighted by molar-refractivity contribution is 5.95. The van der Waals surface area contributed by atoms with Crippen molar-refractivity contribution in [2.24, 2.45) is 0 Å². The maximum Gasteiger partial charge on any atom is 0.251 e. The Labute approximate surface area is 154 Å². The molecule has 3 rings (SSSR count). The lowest BCUT2D eigenvalue weighted by Gasteiger charge is -2.16. The number of rotatable bonds is 6. The van der Waals surface area contributed by atoms with Crippen molar-refractivity contribution in [1.29, 1.82) is 0 Å². The Morgan fingerprint density at radius 1 is 1.12 bits per heavy atom. The van der Waals surface area contributed by atoms with Gasteiger partial charge in [0.1, 0.15) is 11.6 Å². The first-order valence-corrected chi connectivity index (χ1v) is 9.46. The molecule has 0 bridgehead atoms. The largest absolute Gasteiger partial charge is 0.370 e. The summed E-state index contributed by atoms with van der Waals surface area (Å²) < 4.78 is 13.6. The number of amides is 1. The van der Waals surface area contributed by atoms with E-state index >= 15 is 0 Å². The molecule has 5 heteroatoms. The molecule has 1 aliphatic rings. The zero-order valence-corrected chi connectivity index (χ0v) is 15.0. The molecule has 1 fully saturated rings. The molecule has 2 aromatic rings. The van der Waals surface area contributed by atoms with Gasteiger partial charge in [0, 0.05) is 24.3 Å². The van der Waals surface area contributed by atoms with E-state index < -0.39 is 0 Å². The average Bonchev–Trinajstić information content (AvgIpc) is 2.92. The van der Waals surface area contributed by atoms with Crippen molar-refractivity contribution in [2.45, 2.75) is 51.0 Å². The van der Waals surface area contributed by atoms with Crippen LogP contribution in [0.15, 0.2) is 42.6 Å². The van der Waals surface area contributed by atoms with E-state index in [2.05, 4.69) is 15.6 Å². The summed E-state index contributed by atoms with van der Waals surface area (Å²) in [5.74, 6) is 0.394. The summed E-state index contributed by atoms with van der Waals surface area (Å²) in [6.45, 7) is 0.557. The van der Waals surface area contributed by atoms with Crippen LogP contribution < -0.4 is 10.6 Å². The number of carbonyl (C=O) groups excluding carboxylic acids is 1. The molecule has 0 unspecified atom stereocenters. The maximum atomic E-state index is 13.6. The lowest BCUT2D eigenvalue weighted by Crippen LogP contribution is -2.34. The van der Waals surface area contributed by atoms with Crippen LogP contribution in [0.3, 0.4) is 0 Å². The third-order valence-electron chi connectivity index (χ3n) is 4.87. The first kappa shape index (κ1) is 18.4. The molecule has 1 aromatic heterocycles. The van der Waals surface area contributed by atoms with Crippen molar-refractivity contribution in [3.05, 3.63) is 59.5 Å². The fourth-order valence-electron chi connectivity index (χ4n) is 3.39. The molecule has 0 spiro atoms. The van der Waals surface area contributed by atoms with Crippen molar-refractivity contribution >= 4 is 11.7 Å². The van der Waals surface area contributed by atoms with E-state index in [9.17, 15) is 9.18 Å². The third kappa shape index (κ3) is 5.28. The highest BCUT2D eigenvalue weighted by Crippen LogP contribution is 2.18. The van der Waals surface area contributed by atoms with Crippen LogP contribution >= 0.6 is 0 Å². The van der Waals surface area contributed by atoms with Gasteiger partial charge in [-0.2, -0.15) is 0 Å². The Hall–Kier alpha value is -2.43. The number of aromatic nitrogens is 1. The lowest BCUT2D eigenvalue weighted by molar-refractivity contribution is 0.0933. The fourth-order valence-corrected chi connectivity index (χ4v) is 3.39. The minimum absolute atomic E-state index is 0.0450. The molecule has 0 aliphatic heterocycles. The molecule has 1 aromatic carbocycles. The molecule has 1 heterocycles. The fraction of sp³-hybridized carbons (Fsp3) is 0.429. The van der Waals surface area contributed by atoms with Crippen LogP contribution in [0.4, 0.5) is 10.2 Å². The molecule has 0 atom stereocenters. The number of pyridine rings is 1.